The molecule has 0 aliphatic rings. The lowest BCUT2D eigenvalue weighted by Gasteiger charge is -2.12. The van der Waals surface area contributed by atoms with E-state index < -0.39 is 7.82 Å². The Hall–Kier alpha value is -0.680. The van der Waals surface area contributed by atoms with E-state index in [1.54, 1.807) is 0 Å². The first-order valence-corrected chi connectivity index (χ1v) is 5.30. The highest BCUT2D eigenvalue weighted by Crippen LogP contribution is 2.47. The minimum atomic E-state index is -3.43. The van der Waals surface area contributed by atoms with Gasteiger partial charge < -0.3 is 5.32 Å². The summed E-state index contributed by atoms with van der Waals surface area (Å²) in [5.41, 5.74) is 0. The lowest BCUT2D eigenvalue weighted by atomic mass is 10.5. The fraction of sp³-hybridized carbons (Fsp3) is 0.571. The van der Waals surface area contributed by atoms with Crippen molar-refractivity contribution in [1.29, 1.82) is 0 Å². The Morgan fingerprint density at radius 2 is 2.07 bits per heavy atom. The number of nitrogens with one attached hydrogen (secondary N) is 1. The monoisotopic (exact) mass is 223 g/mol. The predicted molar refractivity (Wildman–Crippen MR) is 50.8 cm³/mol. The van der Waals surface area contributed by atoms with Crippen LogP contribution < -0.4 is 5.32 Å². The van der Waals surface area contributed by atoms with Gasteiger partial charge in [0.1, 0.15) is 0 Å². The van der Waals surface area contributed by atoms with Crippen LogP contribution in [0.1, 0.15) is 0 Å². The Labute approximate surface area is 82.8 Å². The Morgan fingerprint density at radius 3 is 2.50 bits per heavy atom. The van der Waals surface area contributed by atoms with Gasteiger partial charge in [0.05, 0.1) is 6.61 Å². The summed E-state index contributed by atoms with van der Waals surface area (Å²) in [6.45, 7) is 3.51. The SMILES string of the molecule is C=CC(=O)NCCOP(=O)(OC)OC. The van der Waals surface area contributed by atoms with Gasteiger partial charge in [-0.15, -0.1) is 0 Å². The predicted octanol–water partition coefficient (Wildman–Crippen LogP) is 0.706. The van der Waals surface area contributed by atoms with E-state index in [2.05, 4.69) is 20.9 Å². The van der Waals surface area contributed by atoms with Crippen molar-refractivity contribution in [2.45, 2.75) is 0 Å². The zero-order chi connectivity index (χ0) is 11.0. The van der Waals surface area contributed by atoms with Crippen LogP contribution in [0.2, 0.25) is 0 Å². The van der Waals surface area contributed by atoms with Crippen LogP contribution in [0.3, 0.4) is 0 Å². The lowest BCUT2D eigenvalue weighted by molar-refractivity contribution is -0.116. The van der Waals surface area contributed by atoms with Crippen LogP contribution in [0.15, 0.2) is 12.7 Å². The molecule has 0 aromatic heterocycles. The molecule has 0 fully saturated rings. The molecule has 0 aromatic carbocycles. The molecule has 1 amide bonds. The number of hydrogen-bond acceptors (Lipinski definition) is 5. The van der Waals surface area contributed by atoms with E-state index in [-0.39, 0.29) is 19.1 Å². The minimum Gasteiger partial charge on any atom is -0.350 e. The molecule has 0 aliphatic carbocycles. The number of phosphoric acid groups is 1. The van der Waals surface area contributed by atoms with Crippen LogP contribution in [0, 0.1) is 0 Å². The third-order valence-electron chi connectivity index (χ3n) is 1.28. The molecule has 0 aromatic rings. The molecule has 0 heterocycles. The van der Waals surface area contributed by atoms with Gasteiger partial charge in [-0.2, -0.15) is 0 Å². The number of carbonyl (C=O) groups excluding carboxylic acids is 1. The summed E-state index contributed by atoms with van der Waals surface area (Å²) in [6, 6.07) is 0. The zero-order valence-electron chi connectivity index (χ0n) is 8.19. The average molecular weight is 223 g/mol. The van der Waals surface area contributed by atoms with Crippen LogP contribution in [0.4, 0.5) is 0 Å². The van der Waals surface area contributed by atoms with Gasteiger partial charge in [-0.05, 0) is 6.08 Å². The van der Waals surface area contributed by atoms with E-state index in [9.17, 15) is 9.36 Å². The smallest absolute Gasteiger partial charge is 0.350 e. The van der Waals surface area contributed by atoms with Gasteiger partial charge in [-0.3, -0.25) is 18.4 Å². The molecule has 0 spiro atoms. The molecule has 0 radical (unpaired) electrons. The van der Waals surface area contributed by atoms with Gasteiger partial charge in [-0.25, -0.2) is 4.57 Å². The first-order chi connectivity index (χ1) is 6.58. The fourth-order valence-electron chi connectivity index (χ4n) is 0.584. The molecule has 7 heteroatoms. The van der Waals surface area contributed by atoms with Crippen LogP contribution in [0.25, 0.3) is 0 Å². The summed E-state index contributed by atoms with van der Waals surface area (Å²) in [7, 11) is -0.997. The third-order valence-corrected chi connectivity index (χ3v) is 2.68. The van der Waals surface area contributed by atoms with Gasteiger partial charge in [0.25, 0.3) is 0 Å². The van der Waals surface area contributed by atoms with Crippen molar-refractivity contribution in [3.8, 4) is 0 Å². The Kier molecular flexibility index (Phi) is 6.40. The van der Waals surface area contributed by atoms with Gasteiger partial charge in [0.15, 0.2) is 0 Å². The number of carbonyl (C=O) groups is 1. The van der Waals surface area contributed by atoms with E-state index in [1.165, 1.54) is 14.2 Å². The van der Waals surface area contributed by atoms with Crippen LogP contribution >= 0.6 is 7.82 Å². The molecule has 0 atom stereocenters. The second kappa shape index (κ2) is 6.73. The molecule has 0 rings (SSSR count). The van der Waals surface area contributed by atoms with Crippen molar-refractivity contribution in [1.82, 2.24) is 5.32 Å². The zero-order valence-corrected chi connectivity index (χ0v) is 9.08. The number of amides is 1. The van der Waals surface area contributed by atoms with Gasteiger partial charge in [-0.1, -0.05) is 6.58 Å². The molecule has 1 N–H and O–H groups in total. The van der Waals surface area contributed by atoms with Crippen molar-refractivity contribution < 1.29 is 22.9 Å². The number of rotatable bonds is 7. The highest BCUT2D eigenvalue weighted by Gasteiger charge is 2.21. The summed E-state index contributed by atoms with van der Waals surface area (Å²) in [5, 5.41) is 2.44. The van der Waals surface area contributed by atoms with Crippen molar-refractivity contribution in [2.24, 2.45) is 0 Å². The molecule has 0 saturated carbocycles. The molecule has 14 heavy (non-hydrogen) atoms. The van der Waals surface area contributed by atoms with Crippen molar-refractivity contribution in [3.63, 3.8) is 0 Å². The summed E-state index contributed by atoms with van der Waals surface area (Å²) in [5.74, 6) is -0.321. The van der Waals surface area contributed by atoms with E-state index in [0.717, 1.165) is 6.08 Å². The Balaban J connectivity index is 3.68. The highest BCUT2D eigenvalue weighted by atomic mass is 31.2. The number of phosphoric ester groups is 1. The second-order valence-electron chi connectivity index (χ2n) is 2.14. The normalized spacial score (nSPS) is 11.0. The minimum absolute atomic E-state index is 0.0402. The molecular weight excluding hydrogens is 209 g/mol. The third kappa shape index (κ3) is 5.14. The first-order valence-electron chi connectivity index (χ1n) is 3.84. The highest BCUT2D eigenvalue weighted by molar-refractivity contribution is 7.48. The van der Waals surface area contributed by atoms with Gasteiger partial charge in [0, 0.05) is 20.8 Å². The lowest BCUT2D eigenvalue weighted by Crippen LogP contribution is -2.24. The largest absolute Gasteiger partial charge is 0.474 e. The van der Waals surface area contributed by atoms with Crippen LogP contribution in [0.5, 0.6) is 0 Å². The standard InChI is InChI=1S/C7H14NO5P/c1-4-7(9)8-5-6-13-14(10,11-2)12-3/h4H,1,5-6H2,2-3H3,(H,8,9). The Bertz CT molecular complexity index is 234. The fourth-order valence-corrected chi connectivity index (χ4v) is 1.26. The van der Waals surface area contributed by atoms with E-state index >= 15 is 0 Å². The number of hydrogen-bond donors (Lipinski definition) is 1. The quantitative estimate of drug-likeness (QED) is 0.391. The van der Waals surface area contributed by atoms with E-state index in [1.807, 2.05) is 0 Å². The molecular formula is C7H14NO5P. The van der Waals surface area contributed by atoms with Crippen molar-refractivity contribution in [2.75, 3.05) is 27.4 Å². The second-order valence-corrected chi connectivity index (χ2v) is 4.02. The van der Waals surface area contributed by atoms with Crippen molar-refractivity contribution in [3.05, 3.63) is 12.7 Å². The van der Waals surface area contributed by atoms with Crippen LogP contribution in [-0.2, 0) is 22.9 Å². The molecule has 0 saturated heterocycles. The molecule has 82 valence electrons. The Morgan fingerprint density at radius 1 is 1.50 bits per heavy atom. The molecule has 0 bridgehead atoms. The van der Waals surface area contributed by atoms with Gasteiger partial charge >= 0.3 is 7.82 Å². The first kappa shape index (κ1) is 13.3. The molecule has 6 nitrogen and oxygen atoms in total. The summed E-state index contributed by atoms with van der Waals surface area (Å²) >= 11 is 0. The van der Waals surface area contributed by atoms with E-state index in [4.69, 9.17) is 4.52 Å². The van der Waals surface area contributed by atoms with Crippen LogP contribution in [-0.4, -0.2) is 33.3 Å². The summed E-state index contributed by atoms with van der Waals surface area (Å²) in [4.78, 5) is 10.7. The maximum atomic E-state index is 11.3. The maximum Gasteiger partial charge on any atom is 0.474 e. The topological polar surface area (TPSA) is 73.9 Å². The summed E-state index contributed by atoms with van der Waals surface area (Å²) < 4.78 is 25.0. The van der Waals surface area contributed by atoms with Gasteiger partial charge in [0.2, 0.25) is 5.91 Å². The van der Waals surface area contributed by atoms with Crippen molar-refractivity contribution >= 4 is 13.7 Å². The molecule has 0 unspecified atom stereocenters. The maximum absolute atomic E-state index is 11.3. The molecule has 0 aliphatic heterocycles. The van der Waals surface area contributed by atoms with E-state index in [0.29, 0.717) is 0 Å². The summed E-state index contributed by atoms with van der Waals surface area (Å²) in [6.07, 6.45) is 1.13. The average Bonchev–Trinajstić information content (AvgIpc) is 2.23.